The average molecular weight is 192 g/mol. The van der Waals surface area contributed by atoms with Crippen LogP contribution in [0.3, 0.4) is 0 Å². The van der Waals surface area contributed by atoms with Gasteiger partial charge in [-0.1, -0.05) is 12.1 Å². The summed E-state index contributed by atoms with van der Waals surface area (Å²) in [5.74, 6) is 1.08. The molecule has 1 saturated heterocycles. The number of nitrogens with two attached hydrogens (primary N) is 1. The van der Waals surface area contributed by atoms with E-state index >= 15 is 0 Å². The van der Waals surface area contributed by atoms with Crippen LogP contribution in [0.5, 0.6) is 5.75 Å². The molecule has 2 nitrogen and oxygen atoms in total. The zero-order valence-electron chi connectivity index (χ0n) is 8.92. The number of methoxy groups -OCH3 is 1. The number of benzene rings is 1. The highest BCUT2D eigenvalue weighted by molar-refractivity contribution is 5.41. The zero-order chi connectivity index (χ0) is 9.97. The topological polar surface area (TPSA) is 25.8 Å². The van der Waals surface area contributed by atoms with Crippen LogP contribution in [0.2, 0.25) is 0 Å². The maximum Gasteiger partial charge on any atom is 0.130 e. The molecule has 1 atom stereocenters. The molecule has 0 spiro atoms. The number of ether oxygens (including phenoxy) is 1. The summed E-state index contributed by atoms with van der Waals surface area (Å²) in [6, 6.07) is 7.04. The lowest BCUT2D eigenvalue weighted by atomic mass is 10.0. The molecule has 76 valence electrons. The fourth-order valence-corrected chi connectivity index (χ4v) is 2.30. The van der Waals surface area contributed by atoms with E-state index in [-0.39, 0.29) is 0 Å². The number of quaternary nitrogens is 1. The molecule has 0 radical (unpaired) electrons. The van der Waals surface area contributed by atoms with Crippen LogP contribution >= 0.6 is 0 Å². The van der Waals surface area contributed by atoms with Gasteiger partial charge in [-0.15, -0.1) is 0 Å². The van der Waals surface area contributed by atoms with Crippen molar-refractivity contribution in [2.24, 2.45) is 0 Å². The van der Waals surface area contributed by atoms with E-state index in [1.807, 2.05) is 0 Å². The van der Waals surface area contributed by atoms with Gasteiger partial charge in [0.2, 0.25) is 0 Å². The Morgan fingerprint density at radius 1 is 1.43 bits per heavy atom. The molecule has 0 aromatic heterocycles. The summed E-state index contributed by atoms with van der Waals surface area (Å²) in [5, 5.41) is 2.41. The zero-order valence-corrected chi connectivity index (χ0v) is 8.92. The molecule has 2 rings (SSSR count). The third-order valence-corrected chi connectivity index (χ3v) is 3.02. The highest BCUT2D eigenvalue weighted by Gasteiger charge is 2.23. The Morgan fingerprint density at radius 2 is 2.29 bits per heavy atom. The van der Waals surface area contributed by atoms with Crippen LogP contribution in [0.15, 0.2) is 18.2 Å². The van der Waals surface area contributed by atoms with Gasteiger partial charge in [0.25, 0.3) is 0 Å². The lowest BCUT2D eigenvalue weighted by molar-refractivity contribution is -0.676. The number of hydrogen-bond acceptors (Lipinski definition) is 1. The van der Waals surface area contributed by atoms with Crippen LogP contribution < -0.4 is 10.1 Å². The predicted molar refractivity (Wildman–Crippen MR) is 56.5 cm³/mol. The maximum atomic E-state index is 5.47. The van der Waals surface area contributed by atoms with Crippen LogP contribution in [0.1, 0.15) is 30.0 Å². The van der Waals surface area contributed by atoms with Crippen molar-refractivity contribution in [3.63, 3.8) is 0 Å². The average Bonchev–Trinajstić information content (AvgIpc) is 2.70. The van der Waals surface area contributed by atoms with Gasteiger partial charge in [-0.2, -0.15) is 0 Å². The van der Waals surface area contributed by atoms with E-state index in [1.54, 1.807) is 7.11 Å². The minimum atomic E-state index is 0.616. The SMILES string of the molecule is COc1c(C)cccc1[C@H]1CCC[NH2+]1. The minimum Gasteiger partial charge on any atom is -0.496 e. The Hall–Kier alpha value is -1.02. The van der Waals surface area contributed by atoms with E-state index in [9.17, 15) is 0 Å². The first-order chi connectivity index (χ1) is 6.83. The second-order valence-electron chi connectivity index (χ2n) is 3.97. The monoisotopic (exact) mass is 192 g/mol. The largest absolute Gasteiger partial charge is 0.496 e. The van der Waals surface area contributed by atoms with Gasteiger partial charge in [0.1, 0.15) is 11.8 Å². The molecular formula is C12H18NO+. The van der Waals surface area contributed by atoms with Gasteiger partial charge in [-0.3, -0.25) is 0 Å². The Balaban J connectivity index is 2.35. The van der Waals surface area contributed by atoms with Crippen molar-refractivity contribution >= 4 is 0 Å². The fourth-order valence-electron chi connectivity index (χ4n) is 2.30. The third kappa shape index (κ3) is 1.62. The Morgan fingerprint density at radius 3 is 2.93 bits per heavy atom. The van der Waals surface area contributed by atoms with Crippen LogP contribution in [0.4, 0.5) is 0 Å². The Labute approximate surface area is 85.3 Å². The van der Waals surface area contributed by atoms with Crippen molar-refractivity contribution in [1.29, 1.82) is 0 Å². The van der Waals surface area contributed by atoms with Gasteiger partial charge in [-0.25, -0.2) is 0 Å². The fraction of sp³-hybridized carbons (Fsp3) is 0.500. The van der Waals surface area contributed by atoms with Crippen LogP contribution in [0.25, 0.3) is 0 Å². The Bertz CT molecular complexity index is 316. The Kier molecular flexibility index (Phi) is 2.73. The van der Waals surface area contributed by atoms with E-state index in [4.69, 9.17) is 4.74 Å². The van der Waals surface area contributed by atoms with Gasteiger partial charge >= 0.3 is 0 Å². The first-order valence-corrected chi connectivity index (χ1v) is 5.29. The lowest BCUT2D eigenvalue weighted by Crippen LogP contribution is -2.81. The number of rotatable bonds is 2. The molecule has 0 aliphatic carbocycles. The van der Waals surface area contributed by atoms with Gasteiger partial charge < -0.3 is 10.1 Å². The van der Waals surface area contributed by atoms with Crippen molar-refractivity contribution in [1.82, 2.24) is 0 Å². The van der Waals surface area contributed by atoms with E-state index in [2.05, 4.69) is 30.4 Å². The third-order valence-electron chi connectivity index (χ3n) is 3.02. The van der Waals surface area contributed by atoms with E-state index in [1.165, 1.54) is 30.5 Å². The molecule has 0 amide bonds. The molecule has 1 aromatic rings. The van der Waals surface area contributed by atoms with E-state index < -0.39 is 0 Å². The second-order valence-corrected chi connectivity index (χ2v) is 3.97. The molecule has 2 heteroatoms. The summed E-state index contributed by atoms with van der Waals surface area (Å²) >= 11 is 0. The molecule has 1 aliphatic rings. The summed E-state index contributed by atoms with van der Waals surface area (Å²) in [7, 11) is 1.76. The molecule has 2 N–H and O–H groups in total. The molecule has 1 aromatic carbocycles. The highest BCUT2D eigenvalue weighted by atomic mass is 16.5. The van der Waals surface area contributed by atoms with E-state index in [0.717, 1.165) is 5.75 Å². The van der Waals surface area contributed by atoms with E-state index in [0.29, 0.717) is 6.04 Å². The summed E-state index contributed by atoms with van der Waals surface area (Å²) in [4.78, 5) is 0. The molecule has 14 heavy (non-hydrogen) atoms. The van der Waals surface area contributed by atoms with Crippen LogP contribution in [0, 0.1) is 6.92 Å². The van der Waals surface area contributed by atoms with Gasteiger partial charge in [0.05, 0.1) is 19.2 Å². The van der Waals surface area contributed by atoms with Crippen LogP contribution in [-0.4, -0.2) is 13.7 Å². The predicted octanol–water partition coefficient (Wildman–Crippen LogP) is 1.40. The molecule has 1 aliphatic heterocycles. The normalized spacial score (nSPS) is 21.1. The molecule has 0 bridgehead atoms. The smallest absolute Gasteiger partial charge is 0.130 e. The van der Waals surface area contributed by atoms with Gasteiger partial charge in [0.15, 0.2) is 0 Å². The number of aryl methyl sites for hydroxylation is 1. The standard InChI is InChI=1S/C12H17NO/c1-9-5-3-6-10(12(9)14-2)11-7-4-8-13-11/h3,5-6,11,13H,4,7-8H2,1-2H3/p+1/t11-/m1/s1. The molecule has 1 heterocycles. The molecular weight excluding hydrogens is 174 g/mol. The quantitative estimate of drug-likeness (QED) is 0.753. The van der Waals surface area contributed by atoms with Crippen molar-refractivity contribution in [3.8, 4) is 5.75 Å². The maximum absolute atomic E-state index is 5.47. The number of para-hydroxylation sites is 1. The first-order valence-electron chi connectivity index (χ1n) is 5.29. The summed E-state index contributed by atoms with van der Waals surface area (Å²) in [5.41, 5.74) is 2.61. The summed E-state index contributed by atoms with van der Waals surface area (Å²) in [6.07, 6.45) is 2.60. The van der Waals surface area contributed by atoms with Crippen molar-refractivity contribution in [3.05, 3.63) is 29.3 Å². The molecule has 1 fully saturated rings. The second kappa shape index (κ2) is 4.01. The molecule has 0 saturated carbocycles. The van der Waals surface area contributed by atoms with Crippen LogP contribution in [-0.2, 0) is 0 Å². The van der Waals surface area contributed by atoms with Crippen molar-refractivity contribution in [2.45, 2.75) is 25.8 Å². The van der Waals surface area contributed by atoms with Gasteiger partial charge in [0, 0.05) is 12.8 Å². The lowest BCUT2D eigenvalue weighted by Gasteiger charge is -2.14. The van der Waals surface area contributed by atoms with Crippen molar-refractivity contribution < 1.29 is 10.1 Å². The highest BCUT2D eigenvalue weighted by Crippen LogP contribution is 2.29. The minimum absolute atomic E-state index is 0.616. The summed E-state index contributed by atoms with van der Waals surface area (Å²) in [6.45, 7) is 3.36. The van der Waals surface area contributed by atoms with Crippen molar-refractivity contribution in [2.75, 3.05) is 13.7 Å². The summed E-state index contributed by atoms with van der Waals surface area (Å²) < 4.78 is 5.47. The van der Waals surface area contributed by atoms with Gasteiger partial charge in [-0.05, 0) is 18.6 Å². The molecule has 0 unspecified atom stereocenters. The first kappa shape index (κ1) is 9.53. The number of hydrogen-bond donors (Lipinski definition) is 1.